The molecule has 0 fully saturated rings. The van der Waals surface area contributed by atoms with E-state index in [1.807, 2.05) is 0 Å². The van der Waals surface area contributed by atoms with E-state index in [9.17, 15) is 4.79 Å². The second-order valence-corrected chi connectivity index (χ2v) is 5.12. The summed E-state index contributed by atoms with van der Waals surface area (Å²) in [5.41, 5.74) is 1.01. The zero-order valence-electron chi connectivity index (χ0n) is 12.6. The number of aromatic nitrogens is 3. The van der Waals surface area contributed by atoms with Gasteiger partial charge in [0.25, 0.3) is 5.89 Å². The Labute approximate surface area is 142 Å². The molecule has 1 aromatic carbocycles. The van der Waals surface area contributed by atoms with Crippen molar-refractivity contribution in [3.05, 3.63) is 59.1 Å². The molecule has 0 unspecified atom stereocenters. The van der Waals surface area contributed by atoms with E-state index in [1.54, 1.807) is 36.4 Å². The molecule has 2 heterocycles. The number of benzene rings is 1. The highest BCUT2D eigenvalue weighted by Crippen LogP contribution is 2.20. The Bertz CT molecular complexity index is 849. The first-order valence-corrected chi connectivity index (χ1v) is 7.29. The predicted molar refractivity (Wildman–Crippen MR) is 84.7 cm³/mol. The molecule has 0 N–H and O–H groups in total. The molecule has 24 heavy (non-hydrogen) atoms. The molecule has 0 radical (unpaired) electrons. The summed E-state index contributed by atoms with van der Waals surface area (Å²) < 4.78 is 15.1. The van der Waals surface area contributed by atoms with Gasteiger partial charge in [-0.2, -0.15) is 4.98 Å². The number of hydrogen-bond donors (Lipinski definition) is 0. The second-order valence-electron chi connectivity index (χ2n) is 4.69. The molecule has 3 aromatic rings. The number of ether oxygens (including phenoxy) is 2. The van der Waals surface area contributed by atoms with Crippen LogP contribution < -0.4 is 4.74 Å². The molecule has 0 aliphatic heterocycles. The average Bonchev–Trinajstić information content (AvgIpc) is 3.09. The lowest BCUT2D eigenvalue weighted by Gasteiger charge is -2.02. The fraction of sp³-hybridized carbons (Fsp3) is 0.125. The topological polar surface area (TPSA) is 87.3 Å². The molecule has 0 bridgehead atoms. The van der Waals surface area contributed by atoms with E-state index in [4.69, 9.17) is 25.6 Å². The summed E-state index contributed by atoms with van der Waals surface area (Å²) in [7, 11) is 1.49. The van der Waals surface area contributed by atoms with Crippen molar-refractivity contribution in [1.29, 1.82) is 0 Å². The van der Waals surface area contributed by atoms with Crippen LogP contribution >= 0.6 is 11.6 Å². The van der Waals surface area contributed by atoms with Crippen molar-refractivity contribution in [2.75, 3.05) is 7.11 Å². The van der Waals surface area contributed by atoms with Crippen molar-refractivity contribution < 1.29 is 18.8 Å². The molecule has 0 aliphatic carbocycles. The van der Waals surface area contributed by atoms with E-state index in [0.29, 0.717) is 27.9 Å². The zero-order valence-corrected chi connectivity index (χ0v) is 13.4. The normalized spacial score (nSPS) is 10.4. The van der Waals surface area contributed by atoms with Gasteiger partial charge in [-0.1, -0.05) is 28.9 Å². The largest absolute Gasteiger partial charge is 0.481 e. The maximum Gasteiger partial charge on any atom is 0.340 e. The van der Waals surface area contributed by atoms with Crippen molar-refractivity contribution in [2.45, 2.75) is 6.61 Å². The number of rotatable bonds is 5. The minimum absolute atomic E-state index is 0.140. The first-order valence-electron chi connectivity index (χ1n) is 6.91. The number of halogens is 1. The van der Waals surface area contributed by atoms with Crippen LogP contribution in [0.1, 0.15) is 16.2 Å². The molecule has 0 atom stereocenters. The van der Waals surface area contributed by atoms with Crippen molar-refractivity contribution in [3.63, 3.8) is 0 Å². The number of hydrogen-bond acceptors (Lipinski definition) is 7. The molecule has 8 heteroatoms. The summed E-state index contributed by atoms with van der Waals surface area (Å²) in [6.45, 7) is -0.140. The Balaban J connectivity index is 1.63. The molecule has 2 aromatic heterocycles. The zero-order chi connectivity index (χ0) is 16.9. The van der Waals surface area contributed by atoms with E-state index in [0.717, 1.165) is 0 Å². The van der Waals surface area contributed by atoms with Gasteiger partial charge in [0.05, 0.1) is 12.7 Å². The SMILES string of the molecule is COc1ccc(C(=O)OCc2nc(-c3cccc(Cl)c3)no2)cn1. The first-order chi connectivity index (χ1) is 11.7. The Kier molecular flexibility index (Phi) is 4.72. The van der Waals surface area contributed by atoms with E-state index < -0.39 is 5.97 Å². The van der Waals surface area contributed by atoms with Crippen LogP contribution in [0.2, 0.25) is 5.02 Å². The van der Waals surface area contributed by atoms with Gasteiger partial charge < -0.3 is 14.0 Å². The fourth-order valence-electron chi connectivity index (χ4n) is 1.89. The van der Waals surface area contributed by atoms with Crippen LogP contribution in [0.5, 0.6) is 5.88 Å². The molecule has 0 spiro atoms. The lowest BCUT2D eigenvalue weighted by Crippen LogP contribution is -2.06. The summed E-state index contributed by atoms with van der Waals surface area (Å²) in [4.78, 5) is 20.0. The third kappa shape index (κ3) is 3.69. The molecule has 0 amide bonds. The van der Waals surface area contributed by atoms with Crippen molar-refractivity contribution in [2.24, 2.45) is 0 Å². The Morgan fingerprint density at radius 2 is 2.17 bits per heavy atom. The highest BCUT2D eigenvalue weighted by Gasteiger charge is 2.13. The van der Waals surface area contributed by atoms with E-state index in [-0.39, 0.29) is 12.5 Å². The minimum Gasteiger partial charge on any atom is -0.481 e. The lowest BCUT2D eigenvalue weighted by molar-refractivity contribution is 0.0429. The second kappa shape index (κ2) is 7.10. The van der Waals surface area contributed by atoms with Crippen molar-refractivity contribution >= 4 is 17.6 Å². The van der Waals surface area contributed by atoms with Crippen LogP contribution in [0.3, 0.4) is 0 Å². The molecule has 0 aliphatic rings. The van der Waals surface area contributed by atoms with Gasteiger partial charge in [-0.15, -0.1) is 0 Å². The molecule has 7 nitrogen and oxygen atoms in total. The van der Waals surface area contributed by atoms with Crippen LogP contribution in [0.25, 0.3) is 11.4 Å². The molecule has 122 valence electrons. The maximum absolute atomic E-state index is 11.9. The number of methoxy groups -OCH3 is 1. The van der Waals surface area contributed by atoms with Gasteiger partial charge in [-0.25, -0.2) is 9.78 Å². The standard InChI is InChI=1S/C16H12ClN3O4/c1-22-13-6-5-11(8-18-13)16(21)23-9-14-19-15(20-24-14)10-3-2-4-12(17)7-10/h2-8H,9H2,1H3. The first kappa shape index (κ1) is 15.9. The number of carbonyl (C=O) groups excluding carboxylic acids is 1. The van der Waals surface area contributed by atoms with Crippen LogP contribution in [0, 0.1) is 0 Å². The van der Waals surface area contributed by atoms with Gasteiger partial charge in [0, 0.05) is 22.8 Å². The van der Waals surface area contributed by atoms with Crippen LogP contribution in [0.15, 0.2) is 47.1 Å². The van der Waals surface area contributed by atoms with Crippen LogP contribution in [-0.2, 0) is 11.3 Å². The predicted octanol–water partition coefficient (Wildman–Crippen LogP) is 3.15. The molecule has 3 rings (SSSR count). The summed E-state index contributed by atoms with van der Waals surface area (Å²) in [5, 5.41) is 4.40. The third-order valence-corrected chi connectivity index (χ3v) is 3.29. The highest BCUT2D eigenvalue weighted by atomic mass is 35.5. The summed E-state index contributed by atoms with van der Waals surface area (Å²) >= 11 is 5.92. The maximum atomic E-state index is 11.9. The smallest absolute Gasteiger partial charge is 0.340 e. The van der Waals surface area contributed by atoms with E-state index >= 15 is 0 Å². The molecule has 0 saturated carbocycles. The van der Waals surface area contributed by atoms with Gasteiger partial charge in [-0.3, -0.25) is 0 Å². The Morgan fingerprint density at radius 1 is 1.29 bits per heavy atom. The van der Waals surface area contributed by atoms with Crippen LogP contribution in [-0.4, -0.2) is 28.2 Å². The summed E-state index contributed by atoms with van der Waals surface area (Å²) in [6.07, 6.45) is 1.37. The van der Waals surface area contributed by atoms with Gasteiger partial charge in [0.2, 0.25) is 11.7 Å². The number of esters is 1. The van der Waals surface area contributed by atoms with Crippen LogP contribution in [0.4, 0.5) is 0 Å². The number of carbonyl (C=O) groups is 1. The minimum atomic E-state index is -0.548. The van der Waals surface area contributed by atoms with Gasteiger partial charge in [0.1, 0.15) is 0 Å². The third-order valence-electron chi connectivity index (χ3n) is 3.06. The van der Waals surface area contributed by atoms with Gasteiger partial charge in [-0.05, 0) is 18.2 Å². The lowest BCUT2D eigenvalue weighted by atomic mass is 10.2. The molecule has 0 saturated heterocycles. The number of pyridine rings is 1. The van der Waals surface area contributed by atoms with E-state index in [2.05, 4.69) is 15.1 Å². The molecular weight excluding hydrogens is 334 g/mol. The summed E-state index contributed by atoms with van der Waals surface area (Å²) in [6, 6.07) is 10.2. The van der Waals surface area contributed by atoms with Crippen molar-refractivity contribution in [1.82, 2.24) is 15.1 Å². The molecular formula is C16H12ClN3O4. The quantitative estimate of drug-likeness (QED) is 0.656. The van der Waals surface area contributed by atoms with Gasteiger partial charge >= 0.3 is 5.97 Å². The highest BCUT2D eigenvalue weighted by molar-refractivity contribution is 6.30. The van der Waals surface area contributed by atoms with Crippen molar-refractivity contribution in [3.8, 4) is 17.3 Å². The fourth-order valence-corrected chi connectivity index (χ4v) is 2.08. The van der Waals surface area contributed by atoms with E-state index in [1.165, 1.54) is 13.3 Å². The monoisotopic (exact) mass is 345 g/mol. The van der Waals surface area contributed by atoms with Gasteiger partial charge in [0.15, 0.2) is 6.61 Å². The number of nitrogens with zero attached hydrogens (tertiary/aromatic N) is 3. The Hall–Kier alpha value is -2.93. The Morgan fingerprint density at radius 3 is 2.88 bits per heavy atom. The summed E-state index contributed by atoms with van der Waals surface area (Å²) in [5.74, 6) is 0.414. The average molecular weight is 346 g/mol.